The highest BCUT2D eigenvalue weighted by Crippen LogP contribution is 2.09. The summed E-state index contributed by atoms with van der Waals surface area (Å²) in [6, 6.07) is 0. The Morgan fingerprint density at radius 3 is 3.00 bits per heavy atom. The van der Waals surface area contributed by atoms with Gasteiger partial charge in [0.2, 0.25) is 9.93 Å². The van der Waals surface area contributed by atoms with E-state index in [1.54, 1.807) is 10.8 Å². The average Bonchev–Trinajstić information content (AvgIpc) is 2.62. The van der Waals surface area contributed by atoms with Crippen molar-refractivity contribution in [3.05, 3.63) is 11.1 Å². The van der Waals surface area contributed by atoms with E-state index in [1.165, 1.54) is 11.8 Å². The summed E-state index contributed by atoms with van der Waals surface area (Å²) in [7, 11) is 0. The smallest absolute Gasteiger partial charge is 0.257 e. The molecule has 0 N–H and O–H groups in total. The second-order valence-corrected chi connectivity index (χ2v) is 3.76. The van der Waals surface area contributed by atoms with E-state index in [9.17, 15) is 0 Å². The first-order chi connectivity index (χ1) is 6.76. The van der Waals surface area contributed by atoms with Gasteiger partial charge in [-0.25, -0.2) is 4.98 Å². The molecule has 0 unspecified atom stereocenters. The molecule has 0 fully saturated rings. The number of rotatable bonds is 2. The van der Waals surface area contributed by atoms with Crippen LogP contribution in [0, 0.1) is 4.77 Å². The van der Waals surface area contributed by atoms with Crippen LogP contribution in [0.3, 0.4) is 0 Å². The molecule has 0 atom stereocenters. The minimum atomic E-state index is 0.559. The number of hydrogen-bond acceptors (Lipinski definition) is 5. The monoisotopic (exact) mass is 227 g/mol. The molecule has 0 saturated heterocycles. The Hall–Kier alpha value is -0.950. The summed E-state index contributed by atoms with van der Waals surface area (Å²) < 4.78 is 4.07. The minimum Gasteiger partial charge on any atom is -0.308 e. The fourth-order valence-electron chi connectivity index (χ4n) is 1.09. The number of fused-ring (bicyclic) bond motifs is 1. The lowest BCUT2D eigenvalue weighted by molar-refractivity contribution is 0.664. The van der Waals surface area contributed by atoms with Crippen molar-refractivity contribution in [3.63, 3.8) is 0 Å². The van der Waals surface area contributed by atoms with Crippen molar-refractivity contribution in [1.82, 2.24) is 24.1 Å². The van der Waals surface area contributed by atoms with Gasteiger partial charge in [-0.2, -0.15) is 9.50 Å². The molecule has 74 valence electrons. The van der Waals surface area contributed by atoms with Gasteiger partial charge in [0.15, 0.2) is 0 Å². The van der Waals surface area contributed by atoms with E-state index >= 15 is 0 Å². The summed E-state index contributed by atoms with van der Waals surface area (Å²) in [6.07, 6.45) is 3.61. The van der Waals surface area contributed by atoms with Crippen molar-refractivity contribution in [1.29, 1.82) is 0 Å². The van der Waals surface area contributed by atoms with Crippen molar-refractivity contribution in [2.75, 3.05) is 6.26 Å². The lowest BCUT2D eigenvalue weighted by Gasteiger charge is -2.00. The second-order valence-electron chi connectivity index (χ2n) is 2.62. The fraction of sp³-hybridized carbons (Fsp3) is 0.429. The van der Waals surface area contributed by atoms with E-state index in [0.29, 0.717) is 15.7 Å². The van der Waals surface area contributed by atoms with Gasteiger partial charge in [0.25, 0.3) is 5.78 Å². The molecule has 2 aromatic rings. The molecule has 0 aliphatic carbocycles. The third-order valence-electron chi connectivity index (χ3n) is 1.83. The normalized spacial score (nSPS) is 11.0. The van der Waals surface area contributed by atoms with Crippen molar-refractivity contribution < 1.29 is 0 Å². The minimum absolute atomic E-state index is 0.559. The van der Waals surface area contributed by atoms with Crippen LogP contribution in [0.25, 0.3) is 5.78 Å². The van der Waals surface area contributed by atoms with Crippen LogP contribution in [0.5, 0.6) is 0 Å². The first-order valence-corrected chi connectivity index (χ1v) is 5.75. The molecule has 0 aliphatic heterocycles. The first kappa shape index (κ1) is 9.60. The Morgan fingerprint density at radius 2 is 2.36 bits per heavy atom. The standard InChI is InChI=1S/C7H9N5S2/c1-3-11-4-8-5-9-6(14-2)10-12(5)7(11)13/h4H,3H2,1-2H3. The van der Waals surface area contributed by atoms with Crippen molar-refractivity contribution in [3.8, 4) is 0 Å². The topological polar surface area (TPSA) is 48.0 Å². The van der Waals surface area contributed by atoms with Gasteiger partial charge in [-0.1, -0.05) is 11.8 Å². The number of aryl methyl sites for hydroxylation is 1. The van der Waals surface area contributed by atoms with Crippen molar-refractivity contribution in [2.45, 2.75) is 18.6 Å². The molecule has 0 saturated carbocycles. The van der Waals surface area contributed by atoms with Gasteiger partial charge < -0.3 is 4.57 Å². The zero-order chi connectivity index (χ0) is 10.1. The summed E-state index contributed by atoms with van der Waals surface area (Å²) in [5.74, 6) is 0.559. The molecule has 2 aromatic heterocycles. The maximum atomic E-state index is 5.23. The third-order valence-corrected chi connectivity index (χ3v) is 2.78. The Labute approximate surface area is 90.2 Å². The van der Waals surface area contributed by atoms with Crippen LogP contribution >= 0.6 is 24.0 Å². The molecule has 0 radical (unpaired) electrons. The van der Waals surface area contributed by atoms with Crippen LogP contribution < -0.4 is 0 Å². The fourth-order valence-corrected chi connectivity index (χ4v) is 1.73. The summed E-state index contributed by atoms with van der Waals surface area (Å²) in [6.45, 7) is 2.80. The lowest BCUT2D eigenvalue weighted by atomic mass is 10.7. The highest BCUT2D eigenvalue weighted by molar-refractivity contribution is 7.98. The predicted molar refractivity (Wildman–Crippen MR) is 57.1 cm³/mol. The first-order valence-electron chi connectivity index (χ1n) is 4.12. The summed E-state index contributed by atoms with van der Waals surface area (Å²) in [4.78, 5) is 8.34. The maximum Gasteiger partial charge on any atom is 0.257 e. The molecule has 0 spiro atoms. The Morgan fingerprint density at radius 1 is 1.57 bits per heavy atom. The molecule has 14 heavy (non-hydrogen) atoms. The highest BCUT2D eigenvalue weighted by atomic mass is 32.2. The number of aromatic nitrogens is 5. The van der Waals surface area contributed by atoms with Gasteiger partial charge >= 0.3 is 0 Å². The third kappa shape index (κ3) is 1.42. The lowest BCUT2D eigenvalue weighted by Crippen LogP contribution is -2.05. The molecular weight excluding hydrogens is 218 g/mol. The van der Waals surface area contributed by atoms with E-state index in [-0.39, 0.29) is 0 Å². The van der Waals surface area contributed by atoms with Crippen molar-refractivity contribution in [2.24, 2.45) is 0 Å². The van der Waals surface area contributed by atoms with Gasteiger partial charge in [-0.15, -0.1) is 5.10 Å². The van der Waals surface area contributed by atoms with E-state index < -0.39 is 0 Å². The van der Waals surface area contributed by atoms with Crippen LogP contribution in [0.2, 0.25) is 0 Å². The second kappa shape index (κ2) is 3.66. The van der Waals surface area contributed by atoms with Gasteiger partial charge in [-0.3, -0.25) is 0 Å². The number of thioether (sulfide) groups is 1. The molecular formula is C7H9N5S2. The molecule has 7 heteroatoms. The molecule has 2 rings (SSSR count). The SMILES string of the molecule is CCn1cnc2nc(SC)nn2c1=S. The van der Waals surface area contributed by atoms with Gasteiger partial charge in [-0.05, 0) is 25.4 Å². The van der Waals surface area contributed by atoms with Gasteiger partial charge in [0.1, 0.15) is 6.33 Å². The molecule has 0 amide bonds. The van der Waals surface area contributed by atoms with Crippen LogP contribution in [0.15, 0.2) is 11.5 Å². The molecule has 5 nitrogen and oxygen atoms in total. The zero-order valence-corrected chi connectivity index (χ0v) is 9.47. The molecule has 0 bridgehead atoms. The van der Waals surface area contributed by atoms with E-state index in [0.717, 1.165) is 6.54 Å². The van der Waals surface area contributed by atoms with E-state index in [4.69, 9.17) is 12.2 Å². The molecule has 0 aliphatic rings. The summed E-state index contributed by atoms with van der Waals surface area (Å²) in [5, 5.41) is 4.91. The van der Waals surface area contributed by atoms with Crippen molar-refractivity contribution >= 4 is 29.8 Å². The quantitative estimate of drug-likeness (QED) is 0.573. The predicted octanol–water partition coefficient (Wildman–Crippen LogP) is 1.40. The van der Waals surface area contributed by atoms with E-state index in [1.807, 2.05) is 17.7 Å². The highest BCUT2D eigenvalue weighted by Gasteiger charge is 2.05. The largest absolute Gasteiger partial charge is 0.308 e. The average molecular weight is 227 g/mol. The Balaban J connectivity index is 2.75. The summed E-state index contributed by atoms with van der Waals surface area (Å²) >= 11 is 6.71. The molecule has 2 heterocycles. The molecule has 0 aromatic carbocycles. The number of nitrogens with zero attached hydrogens (tertiary/aromatic N) is 5. The zero-order valence-electron chi connectivity index (χ0n) is 7.84. The Kier molecular flexibility index (Phi) is 2.51. The van der Waals surface area contributed by atoms with Crippen LogP contribution in [0.4, 0.5) is 0 Å². The van der Waals surface area contributed by atoms with Crippen LogP contribution in [-0.2, 0) is 6.54 Å². The summed E-state index contributed by atoms with van der Waals surface area (Å²) in [5.41, 5.74) is 0. The van der Waals surface area contributed by atoms with Crippen LogP contribution in [0.1, 0.15) is 6.92 Å². The van der Waals surface area contributed by atoms with Gasteiger partial charge in [0, 0.05) is 6.54 Å². The van der Waals surface area contributed by atoms with E-state index in [2.05, 4.69) is 15.1 Å². The Bertz CT molecular complexity index is 514. The number of hydrogen-bond donors (Lipinski definition) is 0. The van der Waals surface area contributed by atoms with Crippen LogP contribution in [-0.4, -0.2) is 30.4 Å². The maximum absolute atomic E-state index is 5.23. The van der Waals surface area contributed by atoms with Gasteiger partial charge in [0.05, 0.1) is 0 Å².